The van der Waals surface area contributed by atoms with Crippen LogP contribution in [0.4, 0.5) is 10.5 Å². The number of carbonyl (C=O) groups excluding carboxylic acids is 2. The van der Waals surface area contributed by atoms with Gasteiger partial charge in [-0.05, 0) is 44.9 Å². The molecular formula is C17H26N4O3. The Labute approximate surface area is 142 Å². The molecule has 132 valence electrons. The summed E-state index contributed by atoms with van der Waals surface area (Å²) in [7, 11) is 1.72. The summed E-state index contributed by atoms with van der Waals surface area (Å²) in [5.41, 5.74) is 3.81. The van der Waals surface area contributed by atoms with Crippen molar-refractivity contribution < 1.29 is 14.7 Å². The fourth-order valence-corrected chi connectivity index (χ4v) is 2.53. The number of anilines is 1. The van der Waals surface area contributed by atoms with Gasteiger partial charge in [-0.25, -0.2) is 10.2 Å². The van der Waals surface area contributed by atoms with Crippen LogP contribution in [0.3, 0.4) is 0 Å². The molecule has 0 fully saturated rings. The number of phenolic OH excluding ortho intramolecular Hbond substituents is 1. The number of nitrogens with one attached hydrogen (secondary N) is 2. The zero-order valence-corrected chi connectivity index (χ0v) is 14.7. The Bertz CT molecular complexity index is 618. The first kappa shape index (κ1) is 17.9. The Balaban J connectivity index is 2.33. The molecule has 2 rings (SSSR count). The van der Waals surface area contributed by atoms with Crippen molar-refractivity contribution in [1.29, 1.82) is 0 Å². The van der Waals surface area contributed by atoms with Crippen molar-refractivity contribution in [3.8, 4) is 5.75 Å². The molecule has 1 aliphatic rings. The van der Waals surface area contributed by atoms with Gasteiger partial charge in [0.05, 0.1) is 11.3 Å². The summed E-state index contributed by atoms with van der Waals surface area (Å²) in [5.74, 6) is -0.230. The van der Waals surface area contributed by atoms with Gasteiger partial charge in [-0.3, -0.25) is 9.80 Å². The number of benzene rings is 1. The van der Waals surface area contributed by atoms with E-state index in [-0.39, 0.29) is 29.9 Å². The van der Waals surface area contributed by atoms with Crippen LogP contribution in [0.5, 0.6) is 5.75 Å². The van der Waals surface area contributed by atoms with Crippen LogP contribution in [0.2, 0.25) is 0 Å². The molecular weight excluding hydrogens is 308 g/mol. The lowest BCUT2D eigenvalue weighted by molar-refractivity contribution is 0.0918. The third-order valence-electron chi connectivity index (χ3n) is 4.24. The molecule has 0 saturated carbocycles. The molecule has 3 amide bonds. The van der Waals surface area contributed by atoms with E-state index in [4.69, 9.17) is 0 Å². The molecule has 0 bridgehead atoms. The van der Waals surface area contributed by atoms with Gasteiger partial charge in [0.1, 0.15) is 11.9 Å². The molecule has 3 N–H and O–H groups in total. The highest BCUT2D eigenvalue weighted by atomic mass is 16.3. The molecule has 1 heterocycles. The van der Waals surface area contributed by atoms with Crippen LogP contribution in [-0.4, -0.2) is 41.2 Å². The number of unbranched alkanes of at least 4 members (excludes halogenated alkanes) is 1. The van der Waals surface area contributed by atoms with E-state index in [9.17, 15) is 14.7 Å². The van der Waals surface area contributed by atoms with Gasteiger partial charge in [0.15, 0.2) is 0 Å². The molecule has 1 atom stereocenters. The number of urea groups is 1. The lowest BCUT2D eigenvalue weighted by Gasteiger charge is -2.39. The summed E-state index contributed by atoms with van der Waals surface area (Å²) in [4.78, 5) is 26.3. The van der Waals surface area contributed by atoms with Crippen LogP contribution in [0.1, 0.15) is 50.4 Å². The second kappa shape index (κ2) is 7.42. The maximum absolute atomic E-state index is 12.4. The van der Waals surface area contributed by atoms with Gasteiger partial charge < -0.3 is 15.3 Å². The van der Waals surface area contributed by atoms with E-state index in [1.54, 1.807) is 23.0 Å². The Morgan fingerprint density at radius 1 is 1.46 bits per heavy atom. The standard InChI is InChI=1S/C17H26N4O3/c1-5-6-7-15-18-16(23)13-10-12(22)8-9-14(13)21(15)19-17(24)20(4)11(2)3/h8-11,15,22H,5-7H2,1-4H3,(H,18,23)(H,19,24). The first-order valence-electron chi connectivity index (χ1n) is 8.31. The predicted octanol–water partition coefficient (Wildman–Crippen LogP) is 2.42. The average molecular weight is 334 g/mol. The SMILES string of the molecule is CCCCC1NC(=O)c2cc(O)ccc2N1NC(=O)N(C)C(C)C. The van der Waals surface area contributed by atoms with Crippen molar-refractivity contribution in [2.75, 3.05) is 12.1 Å². The number of nitrogens with zero attached hydrogens (tertiary/aromatic N) is 2. The minimum absolute atomic E-state index is 0.0153. The van der Waals surface area contributed by atoms with Gasteiger partial charge in [-0.15, -0.1) is 0 Å². The molecule has 0 saturated heterocycles. The van der Waals surface area contributed by atoms with E-state index in [1.807, 2.05) is 13.8 Å². The number of phenols is 1. The van der Waals surface area contributed by atoms with Crippen molar-refractivity contribution in [1.82, 2.24) is 15.6 Å². The smallest absolute Gasteiger partial charge is 0.336 e. The number of hydrogen-bond donors (Lipinski definition) is 3. The van der Waals surface area contributed by atoms with Crippen molar-refractivity contribution in [2.24, 2.45) is 0 Å². The van der Waals surface area contributed by atoms with Gasteiger partial charge in [0, 0.05) is 13.1 Å². The van der Waals surface area contributed by atoms with Gasteiger partial charge in [0.2, 0.25) is 0 Å². The van der Waals surface area contributed by atoms with E-state index in [0.29, 0.717) is 17.7 Å². The van der Waals surface area contributed by atoms with Crippen molar-refractivity contribution in [3.63, 3.8) is 0 Å². The highest BCUT2D eigenvalue weighted by molar-refractivity contribution is 6.02. The summed E-state index contributed by atoms with van der Waals surface area (Å²) in [6.45, 7) is 5.93. The summed E-state index contributed by atoms with van der Waals surface area (Å²) >= 11 is 0. The number of aromatic hydroxyl groups is 1. The van der Waals surface area contributed by atoms with E-state index in [0.717, 1.165) is 12.8 Å². The largest absolute Gasteiger partial charge is 0.508 e. The minimum atomic E-state index is -0.320. The van der Waals surface area contributed by atoms with Crippen LogP contribution < -0.4 is 15.8 Å². The normalized spacial score (nSPS) is 16.6. The average Bonchev–Trinajstić information content (AvgIpc) is 2.54. The van der Waals surface area contributed by atoms with Crippen LogP contribution in [-0.2, 0) is 0 Å². The van der Waals surface area contributed by atoms with E-state index >= 15 is 0 Å². The molecule has 24 heavy (non-hydrogen) atoms. The lowest BCUT2D eigenvalue weighted by atomic mass is 10.1. The number of carbonyl (C=O) groups is 2. The third kappa shape index (κ3) is 3.72. The topological polar surface area (TPSA) is 84.9 Å². The zero-order chi connectivity index (χ0) is 17.9. The maximum atomic E-state index is 12.4. The number of hydrazine groups is 1. The van der Waals surface area contributed by atoms with E-state index in [2.05, 4.69) is 17.7 Å². The predicted molar refractivity (Wildman–Crippen MR) is 92.8 cm³/mol. The van der Waals surface area contributed by atoms with Crippen LogP contribution >= 0.6 is 0 Å². The van der Waals surface area contributed by atoms with Crippen molar-refractivity contribution in [2.45, 2.75) is 52.2 Å². The third-order valence-corrected chi connectivity index (χ3v) is 4.24. The summed E-state index contributed by atoms with van der Waals surface area (Å²) in [6, 6.07) is 4.38. The number of rotatable bonds is 5. The molecule has 1 aromatic rings. The first-order valence-corrected chi connectivity index (χ1v) is 8.31. The Kier molecular flexibility index (Phi) is 5.54. The molecule has 0 aromatic heterocycles. The van der Waals surface area contributed by atoms with Gasteiger partial charge in [-0.1, -0.05) is 13.3 Å². The van der Waals surface area contributed by atoms with Crippen LogP contribution in [0.25, 0.3) is 0 Å². The fraction of sp³-hybridized carbons (Fsp3) is 0.529. The van der Waals surface area contributed by atoms with Crippen molar-refractivity contribution >= 4 is 17.6 Å². The number of hydrogen-bond acceptors (Lipinski definition) is 4. The number of fused-ring (bicyclic) bond motifs is 1. The second-order valence-electron chi connectivity index (χ2n) is 6.32. The lowest BCUT2D eigenvalue weighted by Crippen LogP contribution is -2.61. The van der Waals surface area contributed by atoms with Crippen LogP contribution in [0, 0.1) is 0 Å². The molecule has 7 nitrogen and oxygen atoms in total. The first-order chi connectivity index (χ1) is 11.3. The summed E-state index contributed by atoms with van der Waals surface area (Å²) < 4.78 is 0. The van der Waals surface area contributed by atoms with Crippen LogP contribution in [0.15, 0.2) is 18.2 Å². The Hall–Kier alpha value is -2.44. The fourth-order valence-electron chi connectivity index (χ4n) is 2.53. The molecule has 1 unspecified atom stereocenters. The molecule has 0 aliphatic carbocycles. The molecule has 7 heteroatoms. The highest BCUT2D eigenvalue weighted by Crippen LogP contribution is 2.29. The Morgan fingerprint density at radius 3 is 2.79 bits per heavy atom. The van der Waals surface area contributed by atoms with E-state index in [1.165, 1.54) is 12.1 Å². The monoisotopic (exact) mass is 334 g/mol. The zero-order valence-electron chi connectivity index (χ0n) is 14.7. The minimum Gasteiger partial charge on any atom is -0.508 e. The van der Waals surface area contributed by atoms with Crippen molar-refractivity contribution in [3.05, 3.63) is 23.8 Å². The molecule has 1 aromatic carbocycles. The molecule has 0 spiro atoms. The van der Waals surface area contributed by atoms with E-state index < -0.39 is 0 Å². The second-order valence-corrected chi connectivity index (χ2v) is 6.32. The molecule has 0 radical (unpaired) electrons. The number of amides is 3. The Morgan fingerprint density at radius 2 is 2.17 bits per heavy atom. The van der Waals surface area contributed by atoms with Gasteiger partial charge in [0.25, 0.3) is 5.91 Å². The molecule has 1 aliphatic heterocycles. The quantitative estimate of drug-likeness (QED) is 0.772. The maximum Gasteiger partial charge on any atom is 0.336 e. The van der Waals surface area contributed by atoms with Gasteiger partial charge in [-0.2, -0.15) is 0 Å². The summed E-state index contributed by atoms with van der Waals surface area (Å²) in [5, 5.41) is 14.2. The van der Waals surface area contributed by atoms with Gasteiger partial charge >= 0.3 is 6.03 Å². The highest BCUT2D eigenvalue weighted by Gasteiger charge is 2.32. The summed E-state index contributed by atoms with van der Waals surface area (Å²) in [6.07, 6.45) is 2.31.